The number of nitrogens with one attached hydrogen (secondary N) is 12. The normalized spacial score (nSPS) is 21.3. The van der Waals surface area contributed by atoms with Gasteiger partial charge in [-0.1, -0.05) is 36.4 Å². The van der Waals surface area contributed by atoms with Crippen LogP contribution in [0.15, 0.2) is 110 Å². The molecule has 0 spiro atoms. The number of carboxylic acid groups (broad SMARTS) is 1. The van der Waals surface area contributed by atoms with E-state index in [1.807, 2.05) is 24.3 Å². The van der Waals surface area contributed by atoms with Gasteiger partial charge in [0.05, 0.1) is 25.8 Å². The smallest absolute Gasteiger partial charge is 0.305 e. The van der Waals surface area contributed by atoms with E-state index in [9.17, 15) is 62.1 Å². The van der Waals surface area contributed by atoms with Gasteiger partial charge in [0.15, 0.2) is 0 Å². The van der Waals surface area contributed by atoms with Gasteiger partial charge in [-0.15, -0.1) is 0 Å². The number of carbonyl (C=O) groups excluding carboxylic acids is 10. The Bertz CT molecular complexity index is 4060. The molecular weight excluding hydrogens is 1320 g/mol. The monoisotopic (exact) mass is 1400 g/mol. The predicted octanol–water partition coefficient (Wildman–Crippen LogP) is 0.974. The number of carboxylic acids is 1. The molecule has 32 heteroatoms. The Labute approximate surface area is 575 Å². The van der Waals surface area contributed by atoms with Gasteiger partial charge in [-0.3, -0.25) is 52.7 Å². The highest BCUT2D eigenvalue weighted by Crippen LogP contribution is 2.25. The molecule has 526 valence electrons. The van der Waals surface area contributed by atoms with Gasteiger partial charge in [0, 0.05) is 101 Å². The van der Waals surface area contributed by atoms with Crippen molar-refractivity contribution in [2.24, 2.45) is 5.73 Å². The van der Waals surface area contributed by atoms with E-state index in [0.717, 1.165) is 17.2 Å². The average Bonchev–Trinajstić information content (AvgIpc) is 1.81. The van der Waals surface area contributed by atoms with Crippen LogP contribution in [0.25, 0.3) is 21.8 Å². The number of phenolic OH excluding ortho intramolecular Hbond substituents is 1. The minimum absolute atomic E-state index is 0.0161. The maximum atomic E-state index is 15.0. The Kier molecular flexibility index (Phi) is 26.5. The molecule has 7 aromatic rings. The molecule has 0 radical (unpaired) electrons. The second-order valence-electron chi connectivity index (χ2n) is 24.4. The molecule has 0 unspecified atom stereocenters. The summed E-state index contributed by atoms with van der Waals surface area (Å²) in [5, 5.41) is 44.3. The Morgan fingerprint density at radius 3 is 1.76 bits per heavy atom. The first kappa shape index (κ1) is 74.5. The topological polar surface area (TPSA) is 450 Å². The summed E-state index contributed by atoms with van der Waals surface area (Å²) in [6.07, 6.45) is 4.12. The number of nitrogens with two attached hydrogens (primary N) is 1. The zero-order valence-electron chi connectivity index (χ0n) is 54.2. The van der Waals surface area contributed by atoms with Gasteiger partial charge >= 0.3 is 5.97 Å². The van der Waals surface area contributed by atoms with Crippen molar-refractivity contribution in [2.45, 2.75) is 131 Å². The fourth-order valence-corrected chi connectivity index (χ4v) is 12.8. The number of unbranched alkanes of at least 4 members (excludes halogenated alkanes) is 1. The van der Waals surface area contributed by atoms with Gasteiger partial charge in [-0.2, -0.15) is 23.5 Å². The van der Waals surface area contributed by atoms with E-state index in [1.165, 1.54) is 117 Å². The van der Waals surface area contributed by atoms with Gasteiger partial charge in [-0.05, 0) is 109 Å². The van der Waals surface area contributed by atoms with E-state index in [2.05, 4.69) is 73.5 Å². The molecule has 1 aliphatic rings. The lowest BCUT2D eigenvalue weighted by atomic mass is 9.99. The Hall–Kier alpha value is -10.3. The van der Waals surface area contributed by atoms with Gasteiger partial charge in [0.25, 0.3) is 0 Å². The van der Waals surface area contributed by atoms with E-state index in [4.69, 9.17) is 5.73 Å². The second kappa shape index (κ2) is 35.2. The van der Waals surface area contributed by atoms with Crippen molar-refractivity contribution in [1.82, 2.24) is 67.8 Å². The molecule has 28 nitrogen and oxygen atoms in total. The molecule has 19 N–H and O–H groups in total. The lowest BCUT2D eigenvalue weighted by molar-refractivity contribution is -0.368. The third-order valence-electron chi connectivity index (χ3n) is 16.2. The van der Waals surface area contributed by atoms with Crippen LogP contribution in [-0.2, 0) is 89.9 Å². The van der Waals surface area contributed by atoms with Crippen molar-refractivity contribution in [3.63, 3.8) is 0 Å². The number of H-pyrrole nitrogens is 3. The van der Waals surface area contributed by atoms with Crippen LogP contribution in [-0.4, -0.2) is 168 Å². The van der Waals surface area contributed by atoms with Crippen molar-refractivity contribution in [3.8, 4) is 5.75 Å². The van der Waals surface area contributed by atoms with Gasteiger partial charge in [-0.25, -0.2) is 13.8 Å². The SMILES string of the molecule is CC1(C)NC(=O)[C@H](Cc2ccc(O)cc2)NC(=O)[C@H](Cc2cnc[nH]2)NC(=O)[C@H](CC(=O)O)NC(=O)[C@H](Cc2c[nH]c3ccc(F)cc23)NC(=O)[C@H](Cc2c[nH]c3ccc(F)cc23)NC(=O)CNC(=O)[C@H](CCCC[NH3+])NC(=O)CCSCc2cccc(c2)CSC[C@@H](C(N)=O)NC1=O. The number of nitrogens with zero attached hydrogens (tertiary/aromatic N) is 1. The highest BCUT2D eigenvalue weighted by molar-refractivity contribution is 7.98. The minimum atomic E-state index is -2.05. The van der Waals surface area contributed by atoms with Crippen LogP contribution in [0.2, 0.25) is 0 Å². The number of phenols is 1. The molecule has 4 heterocycles. The number of thioether (sulfide) groups is 2. The van der Waals surface area contributed by atoms with Crippen LogP contribution >= 0.6 is 23.5 Å². The molecule has 0 saturated carbocycles. The maximum absolute atomic E-state index is 15.0. The number of halogens is 2. The predicted molar refractivity (Wildman–Crippen MR) is 363 cm³/mol. The number of amides is 10. The van der Waals surface area contributed by atoms with Crippen LogP contribution in [0.4, 0.5) is 8.78 Å². The van der Waals surface area contributed by atoms with Crippen LogP contribution in [0, 0.1) is 11.6 Å². The first-order valence-corrected chi connectivity index (χ1v) is 34.1. The molecule has 99 heavy (non-hydrogen) atoms. The third-order valence-corrected chi connectivity index (χ3v) is 18.4. The number of rotatable bonds is 15. The summed E-state index contributed by atoms with van der Waals surface area (Å²) in [7, 11) is 0. The number of benzene rings is 4. The molecule has 10 amide bonds. The number of fused-ring (bicyclic) bond motifs is 4. The number of imidazole rings is 1. The van der Waals surface area contributed by atoms with E-state index < -0.39 is 150 Å². The van der Waals surface area contributed by atoms with Crippen molar-refractivity contribution < 1.29 is 77.5 Å². The number of primary amides is 1. The van der Waals surface area contributed by atoms with E-state index >= 15 is 9.59 Å². The zero-order valence-corrected chi connectivity index (χ0v) is 55.9. The quantitative estimate of drug-likeness (QED) is 0.0636. The fraction of sp³-hybridized carbons (Fsp3) is 0.373. The first-order valence-electron chi connectivity index (χ1n) is 31.8. The van der Waals surface area contributed by atoms with Crippen LogP contribution in [0.5, 0.6) is 5.75 Å². The van der Waals surface area contributed by atoms with Crippen LogP contribution < -0.4 is 59.3 Å². The number of hydrogen-bond donors (Lipinski definition) is 16. The van der Waals surface area contributed by atoms with Crippen molar-refractivity contribution in [3.05, 3.63) is 155 Å². The summed E-state index contributed by atoms with van der Waals surface area (Å²) in [6, 6.07) is 9.70. The number of aromatic hydroxyl groups is 1. The largest absolute Gasteiger partial charge is 0.508 e. The minimum Gasteiger partial charge on any atom is -0.508 e. The molecule has 1 aliphatic heterocycles. The molecular formula is C67H80F2N15O13S2+. The summed E-state index contributed by atoms with van der Waals surface area (Å²) >= 11 is 2.76. The van der Waals surface area contributed by atoms with Crippen molar-refractivity contribution in [1.29, 1.82) is 0 Å². The average molecular weight is 1410 g/mol. The number of aromatic nitrogens is 4. The Balaban J connectivity index is 1.14. The van der Waals surface area contributed by atoms with Crippen molar-refractivity contribution in [2.75, 3.05) is 24.6 Å². The summed E-state index contributed by atoms with van der Waals surface area (Å²) in [5.74, 6) is -11.1. The number of quaternary nitrogens is 1. The maximum Gasteiger partial charge on any atom is 0.305 e. The lowest BCUT2D eigenvalue weighted by Gasteiger charge is -2.30. The molecule has 7 atom stereocenters. The third kappa shape index (κ3) is 22.1. The van der Waals surface area contributed by atoms with Crippen LogP contribution in [0.1, 0.15) is 79.5 Å². The Morgan fingerprint density at radius 1 is 0.626 bits per heavy atom. The van der Waals surface area contributed by atoms with Gasteiger partial charge in [0.2, 0.25) is 59.1 Å². The van der Waals surface area contributed by atoms with Gasteiger partial charge in [0.1, 0.15) is 65.2 Å². The Morgan fingerprint density at radius 2 is 1.18 bits per heavy atom. The highest BCUT2D eigenvalue weighted by atomic mass is 32.2. The molecule has 0 fully saturated rings. The molecule has 4 aromatic carbocycles. The highest BCUT2D eigenvalue weighted by Gasteiger charge is 2.38. The van der Waals surface area contributed by atoms with E-state index in [1.54, 1.807) is 0 Å². The molecule has 0 aliphatic carbocycles. The summed E-state index contributed by atoms with van der Waals surface area (Å²) in [4.78, 5) is 168. The molecule has 0 saturated heterocycles. The fourth-order valence-electron chi connectivity index (χ4n) is 10.9. The van der Waals surface area contributed by atoms with Gasteiger partial charge < -0.3 is 84.5 Å². The van der Waals surface area contributed by atoms with Crippen LogP contribution in [0.3, 0.4) is 0 Å². The second-order valence-corrected chi connectivity index (χ2v) is 26.5. The standard InChI is InChI=1S/C67H79F2N15O13S2/c1-67(2)66(97)83-55(59(71)90)34-99-33-38-7-5-6-37(20-38)32-98-19-17-56(86)77-49(8-3-4-18-70)60(91)75-31-57(87)78-51(22-39-28-73-47-15-11-41(68)24-45(39)47)61(92)80-52(23-40-29-74-48-16-12-42(69)25-46(40)48)62(93)82-54(27-58(88)89)64(95)81-53(26-43-30-72-35-76-43)63(94)79-50(65(96)84-67)21-36-9-13-44(85)14-10-36/h5-7,9-16,20,24-25,28-30,35,49-55,73-74,85H,3-4,8,17-19,21-23,26-27,31-34,70H2,1-2H3,(H2,71,90)(H,72,76)(H,75,91)(H,77,86)(H,78,87)(H,79,94)(H,80,92)(H,81,95)(H,82,93)(H,83,97)(H,84,96)(H,88,89)/p+1/t49-,50-,51-,52-,53-,54-,55-/m0/s1. The zero-order chi connectivity index (χ0) is 71.3. The summed E-state index contributed by atoms with van der Waals surface area (Å²) in [6.45, 7) is 2.51. The van der Waals surface area contributed by atoms with E-state index in [0.29, 0.717) is 64.2 Å². The molecule has 2 bridgehead atoms. The molecule has 3 aromatic heterocycles. The number of aromatic amines is 3. The number of aliphatic carboxylic acids is 1. The summed E-state index contributed by atoms with van der Waals surface area (Å²) < 4.78 is 29.8. The van der Waals surface area contributed by atoms with E-state index in [-0.39, 0.29) is 53.8 Å². The molecule has 8 rings (SSSR count). The number of hydrogen-bond acceptors (Lipinski definition) is 15. The first-order chi connectivity index (χ1) is 47.3. The van der Waals surface area contributed by atoms with Crippen molar-refractivity contribution >= 4 is 110 Å². The number of carbonyl (C=O) groups is 11. The summed E-state index contributed by atoms with van der Waals surface area (Å²) in [5.41, 5.74) is 11.7. The lowest BCUT2D eigenvalue weighted by Crippen LogP contribution is -2.63.